The van der Waals surface area contributed by atoms with Gasteiger partial charge in [-0.1, -0.05) is 20.8 Å². The number of aliphatic hydroxyl groups is 1. The van der Waals surface area contributed by atoms with Crippen molar-refractivity contribution < 1.29 is 9.84 Å². The van der Waals surface area contributed by atoms with E-state index in [0.717, 1.165) is 25.2 Å². The van der Waals surface area contributed by atoms with Gasteiger partial charge in [-0.3, -0.25) is 0 Å². The Morgan fingerprint density at radius 1 is 1.24 bits per heavy atom. The molecule has 1 aromatic heterocycles. The summed E-state index contributed by atoms with van der Waals surface area (Å²) in [4.78, 5) is 8.77. The molecule has 0 spiro atoms. The van der Waals surface area contributed by atoms with E-state index in [-0.39, 0.29) is 6.10 Å². The number of nitrogens with zero attached hydrogens (tertiary/aromatic N) is 2. The monoisotopic (exact) mass is 296 g/mol. The van der Waals surface area contributed by atoms with E-state index in [1.165, 1.54) is 0 Å². The highest BCUT2D eigenvalue weighted by molar-refractivity contribution is 5.47. The number of ether oxygens (including phenoxy) is 1. The number of anilines is 2. The largest absolute Gasteiger partial charge is 0.391 e. The molecule has 1 unspecified atom stereocenters. The van der Waals surface area contributed by atoms with Gasteiger partial charge >= 0.3 is 0 Å². The molecule has 0 bridgehead atoms. The molecule has 3 N–H and O–H groups in total. The van der Waals surface area contributed by atoms with Crippen LogP contribution >= 0.6 is 0 Å². The highest BCUT2D eigenvalue weighted by Crippen LogP contribution is 2.13. The smallest absolute Gasteiger partial charge is 0.158 e. The molecule has 0 aliphatic rings. The van der Waals surface area contributed by atoms with Crippen LogP contribution in [0.2, 0.25) is 0 Å². The van der Waals surface area contributed by atoms with Gasteiger partial charge in [0, 0.05) is 26.3 Å². The normalized spacial score (nSPS) is 12.5. The fraction of sp³-hybridized carbons (Fsp3) is 0.733. The molecule has 0 saturated carbocycles. The minimum atomic E-state index is -0.377. The van der Waals surface area contributed by atoms with E-state index in [9.17, 15) is 5.11 Å². The summed E-state index contributed by atoms with van der Waals surface area (Å²) in [6, 6.07) is 1.86. The zero-order valence-electron chi connectivity index (χ0n) is 13.5. The number of aliphatic hydroxyl groups excluding tert-OH is 1. The molecular formula is C15H28N4O2. The van der Waals surface area contributed by atoms with E-state index in [1.807, 2.05) is 6.07 Å². The van der Waals surface area contributed by atoms with Crippen LogP contribution in [0.3, 0.4) is 0 Å². The average Bonchev–Trinajstić information content (AvgIpc) is 2.42. The van der Waals surface area contributed by atoms with Gasteiger partial charge in [-0.25, -0.2) is 9.97 Å². The van der Waals surface area contributed by atoms with Gasteiger partial charge < -0.3 is 20.5 Å². The molecule has 0 saturated heterocycles. The maximum Gasteiger partial charge on any atom is 0.158 e. The van der Waals surface area contributed by atoms with E-state index in [4.69, 9.17) is 4.74 Å². The van der Waals surface area contributed by atoms with Crippen molar-refractivity contribution in [3.63, 3.8) is 0 Å². The molecule has 1 aromatic rings. The van der Waals surface area contributed by atoms with E-state index < -0.39 is 0 Å². The van der Waals surface area contributed by atoms with E-state index in [0.29, 0.717) is 30.7 Å². The number of hydrogen-bond acceptors (Lipinski definition) is 6. The van der Waals surface area contributed by atoms with Crippen molar-refractivity contribution in [3.05, 3.63) is 11.9 Å². The second-order valence-electron chi connectivity index (χ2n) is 5.58. The Morgan fingerprint density at radius 3 is 2.48 bits per heavy atom. The van der Waals surface area contributed by atoms with Crippen LogP contribution in [0.15, 0.2) is 6.07 Å². The Bertz CT molecular complexity index is 413. The second-order valence-corrected chi connectivity index (χ2v) is 5.58. The van der Waals surface area contributed by atoms with E-state index in [2.05, 4.69) is 41.4 Å². The highest BCUT2D eigenvalue weighted by Gasteiger charge is 2.09. The molecule has 21 heavy (non-hydrogen) atoms. The van der Waals surface area contributed by atoms with Crippen LogP contribution in [-0.2, 0) is 11.3 Å². The van der Waals surface area contributed by atoms with Gasteiger partial charge in [-0.15, -0.1) is 0 Å². The minimum Gasteiger partial charge on any atom is -0.391 e. The Labute approximate surface area is 127 Å². The van der Waals surface area contributed by atoms with Crippen LogP contribution in [0, 0.1) is 5.92 Å². The zero-order chi connectivity index (χ0) is 15.7. The van der Waals surface area contributed by atoms with Crippen LogP contribution in [0.25, 0.3) is 0 Å². The number of aromatic nitrogens is 2. The molecule has 0 aromatic carbocycles. The summed E-state index contributed by atoms with van der Waals surface area (Å²) in [5.41, 5.74) is 0. The summed E-state index contributed by atoms with van der Waals surface area (Å²) < 4.78 is 5.09. The third-order valence-electron chi connectivity index (χ3n) is 2.86. The van der Waals surface area contributed by atoms with Crippen LogP contribution < -0.4 is 10.6 Å². The Hall–Kier alpha value is -1.40. The summed E-state index contributed by atoms with van der Waals surface area (Å²) in [5, 5.41) is 16.3. The van der Waals surface area contributed by atoms with Crippen LogP contribution in [0.4, 0.5) is 11.6 Å². The summed E-state index contributed by atoms with van der Waals surface area (Å²) >= 11 is 0. The molecule has 120 valence electrons. The van der Waals surface area contributed by atoms with Gasteiger partial charge in [-0.05, 0) is 18.8 Å². The van der Waals surface area contributed by atoms with E-state index in [1.54, 1.807) is 7.11 Å². The number of nitrogens with one attached hydrogen (secondary N) is 2. The number of rotatable bonds is 10. The predicted octanol–water partition coefficient (Wildman–Crippen LogP) is 2.26. The van der Waals surface area contributed by atoms with Crippen molar-refractivity contribution >= 4 is 11.6 Å². The lowest BCUT2D eigenvalue weighted by Gasteiger charge is -2.15. The fourth-order valence-electron chi connectivity index (χ4n) is 1.97. The molecule has 1 heterocycles. The van der Waals surface area contributed by atoms with Gasteiger partial charge in [0.05, 0.1) is 6.10 Å². The van der Waals surface area contributed by atoms with Gasteiger partial charge in [0.2, 0.25) is 0 Å². The van der Waals surface area contributed by atoms with Gasteiger partial charge in [0.15, 0.2) is 5.82 Å². The molecule has 0 fully saturated rings. The Morgan fingerprint density at radius 2 is 1.90 bits per heavy atom. The first-order valence-electron chi connectivity index (χ1n) is 7.57. The molecular weight excluding hydrogens is 268 g/mol. The lowest BCUT2D eigenvalue weighted by Crippen LogP contribution is -2.22. The van der Waals surface area contributed by atoms with Gasteiger partial charge in [-0.2, -0.15) is 0 Å². The van der Waals surface area contributed by atoms with Crippen LogP contribution in [0.5, 0.6) is 0 Å². The van der Waals surface area contributed by atoms with Crippen LogP contribution in [0.1, 0.15) is 39.4 Å². The molecule has 1 atom stereocenters. The average molecular weight is 296 g/mol. The van der Waals surface area contributed by atoms with Crippen molar-refractivity contribution in [2.75, 3.05) is 30.8 Å². The third-order valence-corrected chi connectivity index (χ3v) is 2.86. The summed E-state index contributed by atoms with van der Waals surface area (Å²) in [7, 11) is 1.62. The van der Waals surface area contributed by atoms with Crippen molar-refractivity contribution in [2.45, 2.75) is 46.3 Å². The number of methoxy groups -OCH3 is 1. The van der Waals surface area contributed by atoms with E-state index >= 15 is 0 Å². The van der Waals surface area contributed by atoms with Crippen molar-refractivity contribution in [2.24, 2.45) is 5.92 Å². The lowest BCUT2D eigenvalue weighted by molar-refractivity contribution is 0.161. The van der Waals surface area contributed by atoms with Crippen molar-refractivity contribution in [3.8, 4) is 0 Å². The van der Waals surface area contributed by atoms with Crippen LogP contribution in [-0.4, -0.2) is 41.4 Å². The molecule has 0 aliphatic carbocycles. The first kappa shape index (κ1) is 17.7. The Balaban J connectivity index is 2.68. The minimum absolute atomic E-state index is 0.366. The fourth-order valence-corrected chi connectivity index (χ4v) is 1.97. The molecule has 6 nitrogen and oxygen atoms in total. The quantitative estimate of drug-likeness (QED) is 0.614. The highest BCUT2D eigenvalue weighted by atomic mass is 16.5. The maximum absolute atomic E-state index is 9.92. The maximum atomic E-state index is 9.92. The second kappa shape index (κ2) is 9.52. The molecule has 1 rings (SSSR count). The topological polar surface area (TPSA) is 79.3 Å². The standard InChI is InChI=1S/C15H28N4O2/c1-5-6-16-13-8-14(19-15(18-13)10-21-4)17-9-12(20)7-11(2)3/h8,11-12,20H,5-7,9-10H2,1-4H3,(H2,16,17,18,19). The zero-order valence-corrected chi connectivity index (χ0v) is 13.5. The lowest BCUT2D eigenvalue weighted by atomic mass is 10.1. The SMILES string of the molecule is CCCNc1cc(NCC(O)CC(C)C)nc(COC)n1. The molecule has 0 radical (unpaired) electrons. The predicted molar refractivity (Wildman–Crippen MR) is 85.5 cm³/mol. The molecule has 0 amide bonds. The number of hydrogen-bond donors (Lipinski definition) is 3. The molecule has 0 aliphatic heterocycles. The molecule has 6 heteroatoms. The first-order valence-corrected chi connectivity index (χ1v) is 7.57. The summed E-state index contributed by atoms with van der Waals surface area (Å²) in [5.74, 6) is 2.58. The Kier molecular flexibility index (Phi) is 8.00. The summed E-state index contributed by atoms with van der Waals surface area (Å²) in [6.07, 6.45) is 1.42. The van der Waals surface area contributed by atoms with Crippen molar-refractivity contribution in [1.82, 2.24) is 9.97 Å². The van der Waals surface area contributed by atoms with Gasteiger partial charge in [0.25, 0.3) is 0 Å². The first-order chi connectivity index (χ1) is 10.0. The van der Waals surface area contributed by atoms with Crippen molar-refractivity contribution in [1.29, 1.82) is 0 Å². The summed E-state index contributed by atoms with van der Waals surface area (Å²) in [6.45, 7) is 8.00. The third kappa shape index (κ3) is 7.24. The van der Waals surface area contributed by atoms with Gasteiger partial charge in [0.1, 0.15) is 18.2 Å².